The Hall–Kier alpha value is -5.12. The molecule has 0 bridgehead atoms. The van der Waals surface area contributed by atoms with Crippen molar-refractivity contribution in [2.24, 2.45) is 0 Å². The molecular formula is C38H26N2S. The lowest BCUT2D eigenvalue weighted by Gasteiger charge is -2.25. The van der Waals surface area contributed by atoms with Crippen molar-refractivity contribution in [3.05, 3.63) is 152 Å². The summed E-state index contributed by atoms with van der Waals surface area (Å²) in [5.74, 6) is 0. The van der Waals surface area contributed by atoms with Crippen molar-refractivity contribution in [1.82, 2.24) is 0 Å². The van der Waals surface area contributed by atoms with E-state index in [2.05, 4.69) is 162 Å². The maximum atomic E-state index is 3.67. The predicted molar refractivity (Wildman–Crippen MR) is 179 cm³/mol. The van der Waals surface area contributed by atoms with Crippen molar-refractivity contribution >= 4 is 81.5 Å². The monoisotopic (exact) mass is 542 g/mol. The van der Waals surface area contributed by atoms with Gasteiger partial charge in [-0.25, -0.2) is 0 Å². The first-order valence-corrected chi connectivity index (χ1v) is 14.7. The van der Waals surface area contributed by atoms with Gasteiger partial charge in [0.2, 0.25) is 0 Å². The lowest BCUT2D eigenvalue weighted by molar-refractivity contribution is 1.29. The molecule has 1 heterocycles. The molecule has 0 spiro atoms. The van der Waals surface area contributed by atoms with Crippen molar-refractivity contribution in [3.63, 3.8) is 0 Å². The Bertz CT molecular complexity index is 2140. The van der Waals surface area contributed by atoms with Crippen molar-refractivity contribution in [2.75, 3.05) is 10.2 Å². The lowest BCUT2D eigenvalue weighted by Crippen LogP contribution is -2.09. The van der Waals surface area contributed by atoms with Crippen LogP contribution in [0.25, 0.3) is 41.7 Å². The molecule has 1 N–H and O–H groups in total. The SMILES string of the molecule is c1ccc(N(c2ccccc2)c2ccc3cc(Nc4ccc5sc6ccc7ccccc7c6c5c4)ccc3c2)cc1. The van der Waals surface area contributed by atoms with Crippen LogP contribution in [0, 0.1) is 0 Å². The average Bonchev–Trinajstić information content (AvgIpc) is 3.41. The molecule has 1 aromatic heterocycles. The highest BCUT2D eigenvalue weighted by atomic mass is 32.1. The topological polar surface area (TPSA) is 15.3 Å². The maximum absolute atomic E-state index is 3.67. The van der Waals surface area contributed by atoms with Gasteiger partial charge in [-0.2, -0.15) is 0 Å². The van der Waals surface area contributed by atoms with E-state index in [1.165, 1.54) is 41.7 Å². The smallest absolute Gasteiger partial charge is 0.0468 e. The van der Waals surface area contributed by atoms with Crippen molar-refractivity contribution in [3.8, 4) is 0 Å². The molecule has 0 atom stereocenters. The highest BCUT2D eigenvalue weighted by Crippen LogP contribution is 2.40. The summed E-state index contributed by atoms with van der Waals surface area (Å²) in [4.78, 5) is 2.30. The normalized spacial score (nSPS) is 11.4. The van der Waals surface area contributed by atoms with Crippen LogP contribution in [0.4, 0.5) is 28.4 Å². The molecule has 0 aliphatic heterocycles. The molecule has 8 rings (SSSR count). The number of hydrogen-bond donors (Lipinski definition) is 1. The molecule has 0 saturated heterocycles. The molecule has 194 valence electrons. The molecule has 0 saturated carbocycles. The van der Waals surface area contributed by atoms with Crippen LogP contribution in [-0.4, -0.2) is 0 Å². The first kappa shape index (κ1) is 23.7. The van der Waals surface area contributed by atoms with Gasteiger partial charge in [0.1, 0.15) is 0 Å². The number of nitrogens with zero attached hydrogens (tertiary/aromatic N) is 1. The first-order chi connectivity index (χ1) is 20.3. The first-order valence-electron chi connectivity index (χ1n) is 13.9. The summed E-state index contributed by atoms with van der Waals surface area (Å²) in [6.45, 7) is 0. The van der Waals surface area contributed by atoms with Gasteiger partial charge in [0, 0.05) is 48.6 Å². The van der Waals surface area contributed by atoms with Crippen LogP contribution in [0.3, 0.4) is 0 Å². The number of thiophene rings is 1. The standard InChI is InChI=1S/C38H26N2S/c1-3-10-31(11-4-1)40(32-12-5-2-6-13-32)33-20-16-27-23-29(18-15-28(27)24-33)39-30-19-22-36-35(25-30)38-34-14-8-7-9-26(34)17-21-37(38)41-36/h1-25,39H. The highest BCUT2D eigenvalue weighted by molar-refractivity contribution is 7.26. The zero-order valence-electron chi connectivity index (χ0n) is 22.3. The van der Waals surface area contributed by atoms with E-state index in [0.29, 0.717) is 0 Å². The Balaban J connectivity index is 1.15. The third-order valence-electron chi connectivity index (χ3n) is 7.76. The van der Waals surface area contributed by atoms with E-state index in [0.717, 1.165) is 28.4 Å². The van der Waals surface area contributed by atoms with Crippen LogP contribution in [0.1, 0.15) is 0 Å². The van der Waals surface area contributed by atoms with Crippen molar-refractivity contribution in [1.29, 1.82) is 0 Å². The van der Waals surface area contributed by atoms with E-state index in [-0.39, 0.29) is 0 Å². The number of para-hydroxylation sites is 2. The van der Waals surface area contributed by atoms with Gasteiger partial charge in [-0.3, -0.25) is 0 Å². The minimum atomic E-state index is 1.08. The molecule has 0 amide bonds. The molecule has 0 fully saturated rings. The largest absolute Gasteiger partial charge is 0.355 e. The van der Waals surface area contributed by atoms with Gasteiger partial charge in [-0.1, -0.05) is 78.9 Å². The minimum Gasteiger partial charge on any atom is -0.355 e. The van der Waals surface area contributed by atoms with Crippen LogP contribution >= 0.6 is 11.3 Å². The third-order valence-corrected chi connectivity index (χ3v) is 8.90. The summed E-state index contributed by atoms with van der Waals surface area (Å²) < 4.78 is 2.65. The molecule has 7 aromatic carbocycles. The van der Waals surface area contributed by atoms with Crippen LogP contribution < -0.4 is 10.2 Å². The van der Waals surface area contributed by atoms with Crippen LogP contribution in [0.15, 0.2) is 152 Å². The Kier molecular flexibility index (Phi) is 5.68. The van der Waals surface area contributed by atoms with E-state index >= 15 is 0 Å². The van der Waals surface area contributed by atoms with Crippen LogP contribution in [0.2, 0.25) is 0 Å². The second-order valence-electron chi connectivity index (χ2n) is 10.4. The van der Waals surface area contributed by atoms with E-state index in [1.54, 1.807) is 0 Å². The second kappa shape index (κ2) is 9.81. The summed E-state index contributed by atoms with van der Waals surface area (Å²) in [6.07, 6.45) is 0. The number of rotatable bonds is 5. The zero-order valence-corrected chi connectivity index (χ0v) is 23.1. The van der Waals surface area contributed by atoms with Crippen LogP contribution in [0.5, 0.6) is 0 Å². The molecule has 0 aliphatic carbocycles. The number of fused-ring (bicyclic) bond motifs is 6. The fraction of sp³-hybridized carbons (Fsp3) is 0. The van der Waals surface area contributed by atoms with Crippen molar-refractivity contribution in [2.45, 2.75) is 0 Å². The number of nitrogens with one attached hydrogen (secondary N) is 1. The molecule has 8 aromatic rings. The number of anilines is 5. The summed E-state index contributed by atoms with van der Waals surface area (Å²) in [5.41, 5.74) is 5.59. The zero-order chi connectivity index (χ0) is 27.2. The summed E-state index contributed by atoms with van der Waals surface area (Å²) in [7, 11) is 0. The molecule has 0 unspecified atom stereocenters. The van der Waals surface area contributed by atoms with Gasteiger partial charge in [0.05, 0.1) is 0 Å². The predicted octanol–water partition coefficient (Wildman–Crippen LogP) is 11.6. The highest BCUT2D eigenvalue weighted by Gasteiger charge is 2.13. The Morgan fingerprint density at radius 1 is 0.415 bits per heavy atom. The van der Waals surface area contributed by atoms with E-state index in [9.17, 15) is 0 Å². The van der Waals surface area contributed by atoms with Gasteiger partial charge < -0.3 is 10.2 Å². The van der Waals surface area contributed by atoms with Gasteiger partial charge in [0.25, 0.3) is 0 Å². The van der Waals surface area contributed by atoms with E-state index < -0.39 is 0 Å². The third kappa shape index (κ3) is 4.28. The molecule has 2 nitrogen and oxygen atoms in total. The molecule has 0 aliphatic rings. The van der Waals surface area contributed by atoms with Crippen molar-refractivity contribution < 1.29 is 0 Å². The van der Waals surface area contributed by atoms with Gasteiger partial charge >= 0.3 is 0 Å². The summed E-state index contributed by atoms with van der Waals surface area (Å²) in [6, 6.07) is 54.3. The fourth-order valence-corrected chi connectivity index (χ4v) is 6.94. The Morgan fingerprint density at radius 2 is 1.02 bits per heavy atom. The fourth-order valence-electron chi connectivity index (χ4n) is 5.84. The van der Waals surface area contributed by atoms with Gasteiger partial charge in [-0.05, 0) is 94.3 Å². The lowest BCUT2D eigenvalue weighted by atomic mass is 10.0. The van der Waals surface area contributed by atoms with Crippen LogP contribution in [-0.2, 0) is 0 Å². The van der Waals surface area contributed by atoms with Gasteiger partial charge in [-0.15, -0.1) is 11.3 Å². The molecular weight excluding hydrogens is 516 g/mol. The summed E-state index contributed by atoms with van der Waals surface area (Å²) >= 11 is 1.86. The number of hydrogen-bond acceptors (Lipinski definition) is 3. The molecule has 0 radical (unpaired) electrons. The second-order valence-corrected chi connectivity index (χ2v) is 11.4. The van der Waals surface area contributed by atoms with Gasteiger partial charge in [0.15, 0.2) is 0 Å². The maximum Gasteiger partial charge on any atom is 0.0468 e. The van der Waals surface area contributed by atoms with E-state index in [4.69, 9.17) is 0 Å². The quantitative estimate of drug-likeness (QED) is 0.233. The molecule has 3 heteroatoms. The Morgan fingerprint density at radius 3 is 1.83 bits per heavy atom. The Labute approximate surface area is 242 Å². The minimum absolute atomic E-state index is 1.08. The number of benzene rings is 7. The average molecular weight is 543 g/mol. The summed E-state index contributed by atoms with van der Waals surface area (Å²) in [5, 5.41) is 11.3. The molecule has 41 heavy (non-hydrogen) atoms. The van der Waals surface area contributed by atoms with E-state index in [1.807, 2.05) is 11.3 Å².